The zero-order valence-electron chi connectivity index (χ0n) is 12.9. The SMILES string of the molecule is O=C(N[C@@H]1CCCc2ccccc21)c1ccc2c(c1)OCCO2. The Balaban J connectivity index is 1.55. The van der Waals surface area contributed by atoms with Crippen molar-refractivity contribution < 1.29 is 14.3 Å². The molecule has 1 atom stereocenters. The highest BCUT2D eigenvalue weighted by atomic mass is 16.6. The van der Waals surface area contributed by atoms with Crippen LogP contribution in [0.15, 0.2) is 42.5 Å². The molecule has 0 unspecified atom stereocenters. The van der Waals surface area contributed by atoms with Crippen LogP contribution in [0.1, 0.15) is 40.4 Å². The first kappa shape index (κ1) is 14.1. The molecule has 0 fully saturated rings. The predicted octanol–water partition coefficient (Wildman–Crippen LogP) is 3.27. The molecule has 4 nitrogen and oxygen atoms in total. The fourth-order valence-corrected chi connectivity index (χ4v) is 3.33. The Hall–Kier alpha value is -2.49. The van der Waals surface area contributed by atoms with Crippen LogP contribution < -0.4 is 14.8 Å². The number of amides is 1. The maximum absolute atomic E-state index is 12.6. The monoisotopic (exact) mass is 309 g/mol. The Morgan fingerprint density at radius 3 is 2.78 bits per heavy atom. The van der Waals surface area contributed by atoms with E-state index in [1.807, 2.05) is 6.07 Å². The van der Waals surface area contributed by atoms with Crippen LogP contribution in [0.2, 0.25) is 0 Å². The number of rotatable bonds is 2. The van der Waals surface area contributed by atoms with E-state index in [0.29, 0.717) is 30.3 Å². The van der Waals surface area contributed by atoms with Crippen LogP contribution in [0.4, 0.5) is 0 Å². The lowest BCUT2D eigenvalue weighted by molar-refractivity contribution is 0.0931. The number of hydrogen-bond acceptors (Lipinski definition) is 3. The molecular formula is C19H19NO3. The lowest BCUT2D eigenvalue weighted by Gasteiger charge is -2.26. The van der Waals surface area contributed by atoms with Crippen LogP contribution in [-0.2, 0) is 6.42 Å². The molecule has 4 heteroatoms. The number of benzene rings is 2. The molecule has 2 aromatic carbocycles. The van der Waals surface area contributed by atoms with E-state index in [4.69, 9.17) is 9.47 Å². The average molecular weight is 309 g/mol. The second-order valence-corrected chi connectivity index (χ2v) is 5.98. The molecule has 1 N–H and O–H groups in total. The summed E-state index contributed by atoms with van der Waals surface area (Å²) in [6.45, 7) is 1.07. The van der Waals surface area contributed by atoms with Crippen molar-refractivity contribution in [3.05, 3.63) is 59.2 Å². The average Bonchev–Trinajstić information content (AvgIpc) is 2.61. The summed E-state index contributed by atoms with van der Waals surface area (Å²) >= 11 is 0. The minimum Gasteiger partial charge on any atom is -0.486 e. The molecule has 1 amide bonds. The lowest BCUT2D eigenvalue weighted by Crippen LogP contribution is -2.31. The van der Waals surface area contributed by atoms with Gasteiger partial charge in [0.25, 0.3) is 5.91 Å². The Morgan fingerprint density at radius 2 is 1.87 bits per heavy atom. The number of carbonyl (C=O) groups excluding carboxylic acids is 1. The normalized spacial score (nSPS) is 18.9. The van der Waals surface area contributed by atoms with Gasteiger partial charge in [-0.2, -0.15) is 0 Å². The maximum Gasteiger partial charge on any atom is 0.251 e. The third-order valence-electron chi connectivity index (χ3n) is 4.48. The summed E-state index contributed by atoms with van der Waals surface area (Å²) in [5.41, 5.74) is 3.19. The van der Waals surface area contributed by atoms with Crippen molar-refractivity contribution in [2.24, 2.45) is 0 Å². The topological polar surface area (TPSA) is 47.6 Å². The van der Waals surface area contributed by atoms with Crippen LogP contribution in [0.5, 0.6) is 11.5 Å². The fourth-order valence-electron chi connectivity index (χ4n) is 3.33. The summed E-state index contributed by atoms with van der Waals surface area (Å²) in [6, 6.07) is 13.8. The lowest BCUT2D eigenvalue weighted by atomic mass is 9.87. The number of ether oxygens (including phenoxy) is 2. The molecule has 4 rings (SSSR count). The van der Waals surface area contributed by atoms with Crippen LogP contribution >= 0.6 is 0 Å². The largest absolute Gasteiger partial charge is 0.486 e. The first-order valence-corrected chi connectivity index (χ1v) is 8.09. The van der Waals surface area contributed by atoms with E-state index in [2.05, 4.69) is 23.5 Å². The van der Waals surface area contributed by atoms with Gasteiger partial charge in [-0.3, -0.25) is 4.79 Å². The van der Waals surface area contributed by atoms with E-state index >= 15 is 0 Å². The zero-order chi connectivity index (χ0) is 15.6. The van der Waals surface area contributed by atoms with Gasteiger partial charge in [0, 0.05) is 5.56 Å². The molecule has 0 saturated heterocycles. The molecule has 118 valence electrons. The van der Waals surface area contributed by atoms with Gasteiger partial charge in [0.1, 0.15) is 13.2 Å². The van der Waals surface area contributed by atoms with E-state index in [0.717, 1.165) is 19.3 Å². The molecule has 1 aliphatic carbocycles. The molecule has 0 aromatic heterocycles. The zero-order valence-corrected chi connectivity index (χ0v) is 12.9. The van der Waals surface area contributed by atoms with E-state index in [1.165, 1.54) is 11.1 Å². The first-order chi connectivity index (χ1) is 11.3. The molecule has 2 aromatic rings. The van der Waals surface area contributed by atoms with Crippen molar-refractivity contribution in [2.75, 3.05) is 13.2 Å². The molecule has 2 aliphatic rings. The highest BCUT2D eigenvalue weighted by molar-refractivity contribution is 5.95. The maximum atomic E-state index is 12.6. The molecule has 0 spiro atoms. The van der Waals surface area contributed by atoms with Gasteiger partial charge in [0.15, 0.2) is 11.5 Å². The van der Waals surface area contributed by atoms with Crippen molar-refractivity contribution in [3.63, 3.8) is 0 Å². The van der Waals surface area contributed by atoms with E-state index < -0.39 is 0 Å². The Labute approximate surface area is 135 Å². The second-order valence-electron chi connectivity index (χ2n) is 5.98. The van der Waals surface area contributed by atoms with Gasteiger partial charge in [-0.1, -0.05) is 24.3 Å². The molecule has 1 aliphatic heterocycles. The molecule has 1 heterocycles. The third kappa shape index (κ3) is 2.77. The summed E-state index contributed by atoms with van der Waals surface area (Å²) in [5, 5.41) is 3.16. The molecule has 0 bridgehead atoms. The van der Waals surface area contributed by atoms with Crippen molar-refractivity contribution in [3.8, 4) is 11.5 Å². The summed E-state index contributed by atoms with van der Waals surface area (Å²) in [4.78, 5) is 12.6. The summed E-state index contributed by atoms with van der Waals surface area (Å²) in [7, 11) is 0. The Morgan fingerprint density at radius 1 is 1.04 bits per heavy atom. The third-order valence-corrected chi connectivity index (χ3v) is 4.48. The van der Waals surface area contributed by atoms with Crippen molar-refractivity contribution >= 4 is 5.91 Å². The highest BCUT2D eigenvalue weighted by Gasteiger charge is 2.22. The van der Waals surface area contributed by atoms with Crippen LogP contribution in [-0.4, -0.2) is 19.1 Å². The molecular weight excluding hydrogens is 290 g/mol. The van der Waals surface area contributed by atoms with Gasteiger partial charge in [-0.15, -0.1) is 0 Å². The smallest absolute Gasteiger partial charge is 0.251 e. The second kappa shape index (κ2) is 5.95. The van der Waals surface area contributed by atoms with E-state index in [9.17, 15) is 4.79 Å². The van der Waals surface area contributed by atoms with Gasteiger partial charge in [0.2, 0.25) is 0 Å². The molecule has 0 radical (unpaired) electrons. The van der Waals surface area contributed by atoms with Crippen molar-refractivity contribution in [1.29, 1.82) is 0 Å². The van der Waals surface area contributed by atoms with Gasteiger partial charge < -0.3 is 14.8 Å². The summed E-state index contributed by atoms with van der Waals surface area (Å²) in [5.74, 6) is 1.28. The summed E-state index contributed by atoms with van der Waals surface area (Å²) in [6.07, 6.45) is 3.17. The predicted molar refractivity (Wildman–Crippen MR) is 87.0 cm³/mol. The van der Waals surface area contributed by atoms with Crippen molar-refractivity contribution in [2.45, 2.75) is 25.3 Å². The van der Waals surface area contributed by atoms with Gasteiger partial charge >= 0.3 is 0 Å². The number of carbonyl (C=O) groups is 1. The van der Waals surface area contributed by atoms with Crippen molar-refractivity contribution in [1.82, 2.24) is 5.32 Å². The van der Waals surface area contributed by atoms with Gasteiger partial charge in [-0.25, -0.2) is 0 Å². The molecule has 23 heavy (non-hydrogen) atoms. The Kier molecular flexibility index (Phi) is 3.66. The number of hydrogen-bond donors (Lipinski definition) is 1. The van der Waals surface area contributed by atoms with Crippen LogP contribution in [0.3, 0.4) is 0 Å². The number of nitrogens with one attached hydrogen (secondary N) is 1. The van der Waals surface area contributed by atoms with E-state index in [-0.39, 0.29) is 11.9 Å². The number of fused-ring (bicyclic) bond motifs is 2. The van der Waals surface area contributed by atoms with Gasteiger partial charge in [-0.05, 0) is 48.6 Å². The highest BCUT2D eigenvalue weighted by Crippen LogP contribution is 2.32. The standard InChI is InChI=1S/C19H19NO3/c21-19(14-8-9-17-18(12-14)23-11-10-22-17)20-16-7-3-5-13-4-1-2-6-15(13)16/h1-2,4,6,8-9,12,16H,3,5,7,10-11H2,(H,20,21)/t16-/m1/s1. The van der Waals surface area contributed by atoms with Crippen LogP contribution in [0.25, 0.3) is 0 Å². The van der Waals surface area contributed by atoms with Gasteiger partial charge in [0.05, 0.1) is 6.04 Å². The minimum atomic E-state index is -0.0660. The fraction of sp³-hybridized carbons (Fsp3) is 0.316. The Bertz CT molecular complexity index is 741. The molecule has 0 saturated carbocycles. The minimum absolute atomic E-state index is 0.0660. The summed E-state index contributed by atoms with van der Waals surface area (Å²) < 4.78 is 11.1. The number of aryl methyl sites for hydroxylation is 1. The quantitative estimate of drug-likeness (QED) is 0.926. The van der Waals surface area contributed by atoms with Crippen LogP contribution in [0, 0.1) is 0 Å². The van der Waals surface area contributed by atoms with E-state index in [1.54, 1.807) is 18.2 Å². The first-order valence-electron chi connectivity index (χ1n) is 8.09.